The molecule has 1 unspecified atom stereocenters. The predicted molar refractivity (Wildman–Crippen MR) is 172 cm³/mol. The van der Waals surface area contributed by atoms with Gasteiger partial charge in [0.1, 0.15) is 11.4 Å². The zero-order valence-corrected chi connectivity index (χ0v) is 27.4. The number of halogens is 2. The Hall–Kier alpha value is -2.98. The summed E-state index contributed by atoms with van der Waals surface area (Å²) in [5.41, 5.74) is 1.72. The molecule has 7 nitrogen and oxygen atoms in total. The Bertz CT molecular complexity index is 1570. The van der Waals surface area contributed by atoms with E-state index in [1.165, 1.54) is 22.5 Å². The number of hydrogen-bond acceptors (Lipinski definition) is 5. The number of amides is 1. The van der Waals surface area contributed by atoms with Gasteiger partial charge in [-0.25, -0.2) is 21.9 Å². The van der Waals surface area contributed by atoms with Crippen LogP contribution in [0, 0.1) is 5.82 Å². The van der Waals surface area contributed by atoms with Crippen LogP contribution in [-0.4, -0.2) is 69.1 Å². The maximum absolute atomic E-state index is 14.5. The van der Waals surface area contributed by atoms with Crippen molar-refractivity contribution in [3.8, 4) is 0 Å². The summed E-state index contributed by atoms with van der Waals surface area (Å²) in [5, 5.41) is 0.487. The van der Waals surface area contributed by atoms with Gasteiger partial charge >= 0.3 is 6.09 Å². The molecule has 0 bridgehead atoms. The number of carbonyl (C=O) groups is 1. The van der Waals surface area contributed by atoms with Gasteiger partial charge in [-0.05, 0) is 119 Å². The molecule has 2 aliphatic heterocycles. The minimum atomic E-state index is -3.69. The molecule has 5 rings (SSSR count). The SMILES string of the molecule is CN(CC(CCN1CCC2(CC1)CN(C(=O)OC(C)(C)C)c1ccc(F)cc12)c1ccccc1)S(=O)(=O)c1ccc(Cl)cc1. The highest BCUT2D eigenvalue weighted by atomic mass is 35.5. The van der Waals surface area contributed by atoms with E-state index >= 15 is 0 Å². The summed E-state index contributed by atoms with van der Waals surface area (Å²) in [6, 6.07) is 20.9. The monoisotopic (exact) mass is 641 g/mol. The molecular weight excluding hydrogens is 601 g/mol. The summed E-state index contributed by atoms with van der Waals surface area (Å²) >= 11 is 5.98. The highest BCUT2D eigenvalue weighted by Crippen LogP contribution is 2.48. The zero-order valence-electron chi connectivity index (χ0n) is 25.8. The van der Waals surface area contributed by atoms with E-state index in [1.54, 1.807) is 36.2 Å². The fourth-order valence-electron chi connectivity index (χ4n) is 6.38. The molecule has 1 amide bonds. The number of ether oxygens (including phenoxy) is 1. The van der Waals surface area contributed by atoms with Gasteiger partial charge in [-0.3, -0.25) is 4.90 Å². The number of hydrogen-bond donors (Lipinski definition) is 0. The van der Waals surface area contributed by atoms with Gasteiger partial charge < -0.3 is 9.64 Å². The predicted octanol–water partition coefficient (Wildman–Crippen LogP) is 7.06. The number of benzene rings is 3. The molecule has 0 N–H and O–H groups in total. The van der Waals surface area contributed by atoms with Crippen molar-refractivity contribution in [3.05, 3.63) is 94.8 Å². The summed E-state index contributed by atoms with van der Waals surface area (Å²) < 4.78 is 48.3. The Morgan fingerprint density at radius 1 is 1.05 bits per heavy atom. The molecule has 1 atom stereocenters. The molecule has 0 radical (unpaired) electrons. The molecule has 236 valence electrons. The van der Waals surface area contributed by atoms with Gasteiger partial charge in [0.05, 0.1) is 10.6 Å². The second-order valence-corrected chi connectivity index (χ2v) is 15.5. The molecule has 0 aromatic heterocycles. The molecule has 0 saturated carbocycles. The number of sulfonamides is 1. The number of piperidine rings is 1. The topological polar surface area (TPSA) is 70.2 Å². The number of rotatable bonds is 8. The molecule has 1 spiro atoms. The van der Waals surface area contributed by atoms with Crippen LogP contribution in [0.5, 0.6) is 0 Å². The molecule has 3 aromatic carbocycles. The lowest BCUT2D eigenvalue weighted by Crippen LogP contribution is -2.47. The van der Waals surface area contributed by atoms with E-state index in [4.69, 9.17) is 16.3 Å². The zero-order chi connectivity index (χ0) is 31.7. The molecule has 10 heteroatoms. The van der Waals surface area contributed by atoms with E-state index in [2.05, 4.69) is 4.90 Å². The summed E-state index contributed by atoms with van der Waals surface area (Å²) in [7, 11) is -2.06. The first-order chi connectivity index (χ1) is 20.8. The first-order valence-electron chi connectivity index (χ1n) is 15.1. The third kappa shape index (κ3) is 7.12. The second-order valence-electron chi connectivity index (χ2n) is 13.0. The Morgan fingerprint density at radius 3 is 2.34 bits per heavy atom. The number of fused-ring (bicyclic) bond motifs is 2. The minimum absolute atomic E-state index is 0.0110. The summed E-state index contributed by atoms with van der Waals surface area (Å²) in [4.78, 5) is 17.4. The lowest BCUT2D eigenvalue weighted by molar-refractivity contribution is 0.0571. The van der Waals surface area contributed by atoms with Crippen molar-refractivity contribution >= 4 is 33.4 Å². The minimum Gasteiger partial charge on any atom is -0.443 e. The number of likely N-dealkylation sites (N-methyl/N-ethyl adjacent to an activating group) is 1. The van der Waals surface area contributed by atoms with Gasteiger partial charge in [0.15, 0.2) is 0 Å². The van der Waals surface area contributed by atoms with E-state index in [-0.39, 0.29) is 22.0 Å². The molecular formula is C34H41ClFN3O4S. The lowest BCUT2D eigenvalue weighted by atomic mass is 9.74. The average molecular weight is 642 g/mol. The van der Waals surface area contributed by atoms with Crippen molar-refractivity contribution in [2.75, 3.05) is 44.7 Å². The second kappa shape index (κ2) is 12.8. The number of anilines is 1. The van der Waals surface area contributed by atoms with E-state index in [1.807, 2.05) is 51.1 Å². The maximum Gasteiger partial charge on any atom is 0.414 e. The molecule has 1 saturated heterocycles. The van der Waals surface area contributed by atoms with Gasteiger partial charge in [-0.1, -0.05) is 41.9 Å². The highest BCUT2D eigenvalue weighted by Gasteiger charge is 2.47. The van der Waals surface area contributed by atoms with Crippen molar-refractivity contribution in [2.45, 2.75) is 61.9 Å². The Labute approximate surface area is 265 Å². The van der Waals surface area contributed by atoms with Crippen LogP contribution >= 0.6 is 11.6 Å². The smallest absolute Gasteiger partial charge is 0.414 e. The molecule has 2 aliphatic rings. The Kier molecular flexibility index (Phi) is 9.42. The number of carbonyl (C=O) groups excluding carboxylic acids is 1. The number of likely N-dealkylation sites (tertiary alicyclic amines) is 1. The van der Waals surface area contributed by atoms with Gasteiger partial charge in [0, 0.05) is 30.6 Å². The van der Waals surface area contributed by atoms with Crippen molar-refractivity contribution in [1.29, 1.82) is 0 Å². The van der Waals surface area contributed by atoms with Gasteiger partial charge in [-0.2, -0.15) is 0 Å². The Morgan fingerprint density at radius 2 is 1.70 bits per heavy atom. The lowest BCUT2D eigenvalue weighted by Gasteiger charge is -2.40. The first kappa shape index (κ1) is 32.4. The van der Waals surface area contributed by atoms with Crippen LogP contribution in [0.2, 0.25) is 5.02 Å². The summed E-state index contributed by atoms with van der Waals surface area (Å²) in [6.45, 7) is 8.70. The van der Waals surface area contributed by atoms with Crippen LogP contribution in [0.1, 0.15) is 57.1 Å². The fraction of sp³-hybridized carbons (Fsp3) is 0.441. The number of nitrogens with zero attached hydrogens (tertiary/aromatic N) is 3. The van der Waals surface area contributed by atoms with Gasteiger partial charge in [0.2, 0.25) is 10.0 Å². The van der Waals surface area contributed by atoms with E-state index in [0.717, 1.165) is 55.7 Å². The highest BCUT2D eigenvalue weighted by molar-refractivity contribution is 7.89. The third-order valence-electron chi connectivity index (χ3n) is 8.77. The van der Waals surface area contributed by atoms with Gasteiger partial charge in [-0.15, -0.1) is 0 Å². The van der Waals surface area contributed by atoms with E-state index < -0.39 is 21.7 Å². The first-order valence-corrected chi connectivity index (χ1v) is 16.9. The van der Waals surface area contributed by atoms with Crippen LogP contribution in [0.25, 0.3) is 0 Å². The maximum atomic E-state index is 14.5. The normalized spacial score (nSPS) is 17.6. The molecule has 0 aliphatic carbocycles. The third-order valence-corrected chi connectivity index (χ3v) is 10.9. The van der Waals surface area contributed by atoms with Crippen molar-refractivity contribution in [1.82, 2.24) is 9.21 Å². The van der Waals surface area contributed by atoms with Crippen LogP contribution < -0.4 is 4.90 Å². The van der Waals surface area contributed by atoms with Gasteiger partial charge in [0.25, 0.3) is 0 Å². The molecule has 1 fully saturated rings. The molecule has 2 heterocycles. The quantitative estimate of drug-likeness (QED) is 0.263. The van der Waals surface area contributed by atoms with Crippen molar-refractivity contribution < 1.29 is 22.3 Å². The van der Waals surface area contributed by atoms with Crippen LogP contribution in [-0.2, 0) is 20.2 Å². The summed E-state index contributed by atoms with van der Waals surface area (Å²) in [6.07, 6.45) is 1.92. The standard InChI is InChI=1S/C34H41ClFN3O4S/c1-33(2,3)43-32(40)39-24-34(30-22-28(36)12-15-31(30)39)17-20-38(21-18-34)19-16-26(25-8-6-5-7-9-25)23-37(4)44(41,42)29-13-10-27(35)11-14-29/h5-15,22,26H,16-21,23-24H2,1-4H3. The van der Waals surface area contributed by atoms with Crippen molar-refractivity contribution in [3.63, 3.8) is 0 Å². The van der Waals surface area contributed by atoms with Crippen LogP contribution in [0.3, 0.4) is 0 Å². The Balaban J connectivity index is 1.27. The van der Waals surface area contributed by atoms with Crippen molar-refractivity contribution in [2.24, 2.45) is 0 Å². The van der Waals surface area contributed by atoms with E-state index in [0.29, 0.717) is 18.1 Å². The fourth-order valence-corrected chi connectivity index (χ4v) is 7.72. The molecule has 3 aromatic rings. The average Bonchev–Trinajstić information content (AvgIpc) is 3.29. The van der Waals surface area contributed by atoms with Crippen LogP contribution in [0.15, 0.2) is 77.7 Å². The largest absolute Gasteiger partial charge is 0.443 e. The van der Waals surface area contributed by atoms with Crippen LogP contribution in [0.4, 0.5) is 14.9 Å². The van der Waals surface area contributed by atoms with E-state index in [9.17, 15) is 17.6 Å². The summed E-state index contributed by atoms with van der Waals surface area (Å²) in [5.74, 6) is -0.317. The molecule has 44 heavy (non-hydrogen) atoms.